The average Bonchev–Trinajstić information content (AvgIpc) is 2.29. The summed E-state index contributed by atoms with van der Waals surface area (Å²) in [6.45, 7) is 3.53. The highest BCUT2D eigenvalue weighted by atomic mass is 35.5. The van der Waals surface area contributed by atoms with Gasteiger partial charge in [0, 0.05) is 0 Å². The van der Waals surface area contributed by atoms with Crippen LogP contribution in [-0.2, 0) is 0 Å². The van der Waals surface area contributed by atoms with E-state index in [4.69, 9.17) is 0 Å². The molecule has 1 fully saturated rings. The molecule has 1 saturated heterocycles. The second-order valence-electron chi connectivity index (χ2n) is 4.58. The monoisotopic (exact) mass is 265 g/mol. The Hall–Kier alpha value is 0.600. The van der Waals surface area contributed by atoms with Crippen LogP contribution in [-0.4, -0.2) is 17.7 Å². The molecule has 0 amide bonds. The maximum atomic E-state index is 3.59. The molecule has 1 aliphatic heterocycles. The Kier molecular flexibility index (Phi) is 12.5. The Morgan fingerprint density at radius 1 is 1.12 bits per heavy atom. The molecule has 0 radical (unpaired) electrons. The van der Waals surface area contributed by atoms with Crippen molar-refractivity contribution in [2.24, 2.45) is 0 Å². The molecule has 0 aromatic heterocycles. The molecule has 1 nitrogen and oxygen atoms in total. The number of hydrogen-bond donors (Lipinski definition) is 1. The first-order valence-corrected chi connectivity index (χ1v) is 7.83. The second-order valence-corrected chi connectivity index (χ2v) is 5.89. The summed E-state index contributed by atoms with van der Waals surface area (Å²) in [5.74, 6) is 1.37. The summed E-state index contributed by atoms with van der Waals surface area (Å²) in [5.41, 5.74) is 0. The maximum absolute atomic E-state index is 3.59. The summed E-state index contributed by atoms with van der Waals surface area (Å²) in [7, 11) is 0. The first-order valence-electron chi connectivity index (χ1n) is 6.78. The van der Waals surface area contributed by atoms with Gasteiger partial charge < -0.3 is 17.7 Å². The molecule has 0 spiro atoms. The van der Waals surface area contributed by atoms with Crippen molar-refractivity contribution in [2.45, 2.75) is 70.1 Å². The van der Waals surface area contributed by atoms with Gasteiger partial charge in [-0.25, -0.2) is 0 Å². The van der Waals surface area contributed by atoms with Crippen LogP contribution in [0.25, 0.3) is 0 Å². The van der Waals surface area contributed by atoms with Gasteiger partial charge in [0.1, 0.15) is 0 Å². The number of rotatable bonds is 8. The molecule has 98 valence electrons. The zero-order chi connectivity index (χ0) is 10.8. The van der Waals surface area contributed by atoms with Gasteiger partial charge in [0.25, 0.3) is 0 Å². The number of halogens is 1. The topological polar surface area (TPSA) is 12.0 Å². The molecule has 0 bridgehead atoms. The van der Waals surface area contributed by atoms with E-state index in [1.165, 1.54) is 70.1 Å². The predicted octanol–water partition coefficient (Wildman–Crippen LogP) is 1.30. The molecular weight excluding hydrogens is 238 g/mol. The van der Waals surface area contributed by atoms with Gasteiger partial charge in [-0.3, -0.25) is 0 Å². The van der Waals surface area contributed by atoms with Crippen LogP contribution in [0.3, 0.4) is 0 Å². The fourth-order valence-electron chi connectivity index (χ4n) is 2.09. The fourth-order valence-corrected chi connectivity index (χ4v) is 3.26. The number of hydrogen-bond acceptors (Lipinski definition) is 2. The average molecular weight is 266 g/mol. The van der Waals surface area contributed by atoms with E-state index in [9.17, 15) is 0 Å². The van der Waals surface area contributed by atoms with E-state index in [0.717, 1.165) is 5.37 Å². The Labute approximate surface area is 113 Å². The lowest BCUT2D eigenvalue weighted by Gasteiger charge is -2.22. The van der Waals surface area contributed by atoms with E-state index in [1.54, 1.807) is 0 Å². The Bertz CT molecular complexity index is 143. The zero-order valence-electron chi connectivity index (χ0n) is 11.6. The molecule has 0 saturated carbocycles. The van der Waals surface area contributed by atoms with Gasteiger partial charge in [-0.2, -0.15) is 0 Å². The molecular formula is C13H28ClNS. The van der Waals surface area contributed by atoms with Crippen molar-refractivity contribution in [3.05, 3.63) is 0 Å². The van der Waals surface area contributed by atoms with Crippen LogP contribution in [0.1, 0.15) is 66.1 Å². The van der Waals surface area contributed by atoms with Crippen molar-refractivity contribution in [3.8, 4) is 0 Å². The molecule has 0 aromatic rings. The van der Waals surface area contributed by atoms with Crippen LogP contribution in [0.2, 0.25) is 0 Å². The number of nitrogens with one attached hydrogen (secondary N) is 1. The minimum Gasteiger partial charge on any atom is -1.00 e. The Morgan fingerprint density at radius 2 is 1.81 bits per heavy atom. The maximum Gasteiger partial charge on any atom is 1.00 e. The quantitative estimate of drug-likeness (QED) is 0.664. The molecule has 1 heterocycles. The van der Waals surface area contributed by atoms with E-state index in [1.807, 2.05) is 0 Å². The van der Waals surface area contributed by atoms with Gasteiger partial charge in [-0.15, -0.1) is 11.8 Å². The summed E-state index contributed by atoms with van der Waals surface area (Å²) in [6, 6.07) is 0. The SMILES string of the molecule is CCCCCCCCCC1NCCCS1.[Cl-].[H+]. The van der Waals surface area contributed by atoms with Crippen LogP contribution in [0.5, 0.6) is 0 Å². The molecule has 1 N–H and O–H groups in total. The third-order valence-corrected chi connectivity index (χ3v) is 4.41. The molecule has 1 aliphatic rings. The Morgan fingerprint density at radius 3 is 2.44 bits per heavy atom. The van der Waals surface area contributed by atoms with Crippen molar-refractivity contribution in [1.82, 2.24) is 5.32 Å². The second kappa shape index (κ2) is 12.1. The van der Waals surface area contributed by atoms with Gasteiger partial charge in [0.15, 0.2) is 0 Å². The van der Waals surface area contributed by atoms with Crippen LogP contribution >= 0.6 is 11.8 Å². The summed E-state index contributed by atoms with van der Waals surface area (Å²) >= 11 is 2.12. The van der Waals surface area contributed by atoms with Crippen molar-refractivity contribution in [2.75, 3.05) is 12.3 Å². The minimum atomic E-state index is 0. The molecule has 1 unspecified atom stereocenters. The largest absolute Gasteiger partial charge is 1.00 e. The molecule has 0 aliphatic carbocycles. The summed E-state index contributed by atoms with van der Waals surface area (Å²) in [6.07, 6.45) is 12.8. The number of unbranched alkanes of at least 4 members (excludes halogenated alkanes) is 6. The van der Waals surface area contributed by atoms with E-state index in [2.05, 4.69) is 24.0 Å². The molecule has 3 heteroatoms. The van der Waals surface area contributed by atoms with E-state index < -0.39 is 0 Å². The summed E-state index contributed by atoms with van der Waals surface area (Å²) in [5, 5.41) is 4.37. The first-order chi connectivity index (χ1) is 7.43. The minimum absolute atomic E-state index is 0. The van der Waals surface area contributed by atoms with Crippen LogP contribution in [0, 0.1) is 0 Å². The highest BCUT2D eigenvalue weighted by Crippen LogP contribution is 2.20. The van der Waals surface area contributed by atoms with Gasteiger partial charge in [-0.05, 0) is 25.1 Å². The van der Waals surface area contributed by atoms with Crippen LogP contribution in [0.15, 0.2) is 0 Å². The van der Waals surface area contributed by atoms with Crippen molar-refractivity contribution >= 4 is 11.8 Å². The van der Waals surface area contributed by atoms with Gasteiger partial charge in [0.05, 0.1) is 5.37 Å². The van der Waals surface area contributed by atoms with Gasteiger partial charge >= 0.3 is 1.43 Å². The van der Waals surface area contributed by atoms with Gasteiger partial charge in [0.2, 0.25) is 0 Å². The van der Waals surface area contributed by atoms with Gasteiger partial charge in [-0.1, -0.05) is 51.9 Å². The number of thioether (sulfide) groups is 1. The van der Waals surface area contributed by atoms with E-state index >= 15 is 0 Å². The van der Waals surface area contributed by atoms with Crippen molar-refractivity contribution < 1.29 is 13.8 Å². The zero-order valence-corrected chi connectivity index (χ0v) is 12.2. The highest BCUT2D eigenvalue weighted by Gasteiger charge is 2.11. The smallest absolute Gasteiger partial charge is 1.00 e. The first kappa shape index (κ1) is 16.6. The molecule has 16 heavy (non-hydrogen) atoms. The third-order valence-electron chi connectivity index (χ3n) is 3.08. The van der Waals surface area contributed by atoms with Crippen molar-refractivity contribution in [1.29, 1.82) is 0 Å². The lowest BCUT2D eigenvalue weighted by molar-refractivity contribution is -0.00000327. The summed E-state index contributed by atoms with van der Waals surface area (Å²) in [4.78, 5) is 0. The third kappa shape index (κ3) is 8.72. The molecule has 0 aromatic carbocycles. The molecule has 1 atom stereocenters. The van der Waals surface area contributed by atoms with E-state index in [-0.39, 0.29) is 13.8 Å². The van der Waals surface area contributed by atoms with Crippen LogP contribution < -0.4 is 17.7 Å². The normalized spacial score (nSPS) is 20.4. The van der Waals surface area contributed by atoms with E-state index in [0.29, 0.717) is 0 Å². The lowest BCUT2D eigenvalue weighted by Crippen LogP contribution is -3.00. The highest BCUT2D eigenvalue weighted by molar-refractivity contribution is 7.99. The Balaban J connectivity index is 0. The summed E-state index contributed by atoms with van der Waals surface area (Å²) < 4.78 is 0. The van der Waals surface area contributed by atoms with Crippen LogP contribution in [0.4, 0.5) is 0 Å². The lowest BCUT2D eigenvalue weighted by atomic mass is 10.1. The predicted molar refractivity (Wildman–Crippen MR) is 72.6 cm³/mol. The standard InChI is InChI=1S/C13H27NS.ClH/c1-2-3-4-5-6-7-8-10-13-14-11-9-12-15-13;/h13-14H,2-12H2,1H3;1H. The van der Waals surface area contributed by atoms with Crippen molar-refractivity contribution in [3.63, 3.8) is 0 Å². The molecule has 1 rings (SSSR count). The fraction of sp³-hybridized carbons (Fsp3) is 1.00.